The maximum absolute atomic E-state index is 12.3. The van der Waals surface area contributed by atoms with Crippen molar-refractivity contribution in [3.63, 3.8) is 0 Å². The molecule has 2 heterocycles. The SMILES string of the molecule is CC1=COC([C@@H](C(C)C)N(C)C2=NS(=O)(=O)N=C2Nc2cccc(C(=O)N(C)C)c2O)C1. The minimum atomic E-state index is -4.09. The number of amides is 1. The Kier molecular flexibility index (Phi) is 6.49. The summed E-state index contributed by atoms with van der Waals surface area (Å²) in [5, 5.41) is 13.5. The van der Waals surface area contributed by atoms with E-state index >= 15 is 0 Å². The normalized spacial score (nSPS) is 20.2. The molecule has 174 valence electrons. The second-order valence-corrected chi connectivity index (χ2v) is 9.78. The first-order valence-corrected chi connectivity index (χ1v) is 11.6. The van der Waals surface area contributed by atoms with E-state index in [4.69, 9.17) is 4.74 Å². The Morgan fingerprint density at radius 1 is 1.25 bits per heavy atom. The minimum absolute atomic E-state index is 0.0365. The van der Waals surface area contributed by atoms with Gasteiger partial charge in [0.2, 0.25) is 0 Å². The van der Waals surface area contributed by atoms with Gasteiger partial charge in [-0.15, -0.1) is 8.80 Å². The minimum Gasteiger partial charge on any atom is -0.505 e. The van der Waals surface area contributed by atoms with Crippen LogP contribution >= 0.6 is 0 Å². The van der Waals surface area contributed by atoms with Crippen LogP contribution in [-0.4, -0.2) is 74.2 Å². The Bertz CT molecular complexity index is 1110. The molecule has 0 aliphatic carbocycles. The lowest BCUT2D eigenvalue weighted by Crippen LogP contribution is -2.50. The summed E-state index contributed by atoms with van der Waals surface area (Å²) in [5.41, 5.74) is 1.33. The number of aromatic hydroxyl groups is 1. The van der Waals surface area contributed by atoms with Gasteiger partial charge in [-0.25, -0.2) is 0 Å². The molecule has 1 amide bonds. The molecule has 1 aromatic rings. The van der Waals surface area contributed by atoms with E-state index in [1.165, 1.54) is 17.0 Å². The highest BCUT2D eigenvalue weighted by atomic mass is 32.2. The van der Waals surface area contributed by atoms with Gasteiger partial charge in [0.1, 0.15) is 6.10 Å². The topological polar surface area (TPSA) is 124 Å². The summed E-state index contributed by atoms with van der Waals surface area (Å²) >= 11 is 0. The van der Waals surface area contributed by atoms with Gasteiger partial charge in [0, 0.05) is 27.6 Å². The molecule has 2 aliphatic heterocycles. The molecule has 0 bridgehead atoms. The van der Waals surface area contributed by atoms with Crippen LogP contribution in [0.2, 0.25) is 0 Å². The number of benzene rings is 1. The number of rotatable bonds is 5. The average Bonchev–Trinajstić information content (AvgIpc) is 3.24. The fourth-order valence-electron chi connectivity index (χ4n) is 3.91. The first kappa shape index (κ1) is 23.6. The molecular weight excluding hydrogens is 434 g/mol. The van der Waals surface area contributed by atoms with Gasteiger partial charge >= 0.3 is 10.2 Å². The molecule has 32 heavy (non-hydrogen) atoms. The van der Waals surface area contributed by atoms with Gasteiger partial charge in [-0.1, -0.05) is 19.9 Å². The zero-order chi connectivity index (χ0) is 23.8. The maximum atomic E-state index is 12.3. The standard InChI is InChI=1S/C21H29N5O5S/c1-12(2)17(16-10-13(3)11-31-16)26(6)20-19(23-32(29,30)24-20)22-15-9-7-8-14(18(15)27)21(28)25(4)5/h7-9,11-12,16-17,27H,10H2,1-6H3,(H,22,23)/t16?,17-/m1/s1. The summed E-state index contributed by atoms with van der Waals surface area (Å²) < 4.78 is 37.9. The highest BCUT2D eigenvalue weighted by Crippen LogP contribution is 2.31. The van der Waals surface area contributed by atoms with Crippen molar-refractivity contribution in [1.29, 1.82) is 0 Å². The van der Waals surface area contributed by atoms with E-state index in [0.717, 1.165) is 12.0 Å². The number of amidine groups is 2. The van der Waals surface area contributed by atoms with Gasteiger partial charge in [0.15, 0.2) is 17.4 Å². The van der Waals surface area contributed by atoms with Crippen LogP contribution in [0, 0.1) is 5.92 Å². The van der Waals surface area contributed by atoms with Crippen molar-refractivity contribution >= 4 is 33.5 Å². The van der Waals surface area contributed by atoms with Crippen molar-refractivity contribution in [3.05, 3.63) is 35.6 Å². The number of hydrogen-bond donors (Lipinski definition) is 2. The van der Waals surface area contributed by atoms with Gasteiger partial charge in [-0.2, -0.15) is 8.42 Å². The highest BCUT2D eigenvalue weighted by molar-refractivity contribution is 7.89. The monoisotopic (exact) mass is 463 g/mol. The Hall–Kier alpha value is -3.08. The summed E-state index contributed by atoms with van der Waals surface area (Å²) in [4.78, 5) is 15.4. The van der Waals surface area contributed by atoms with Crippen molar-refractivity contribution in [2.45, 2.75) is 39.3 Å². The van der Waals surface area contributed by atoms with Gasteiger partial charge in [-0.05, 0) is 30.5 Å². The van der Waals surface area contributed by atoms with E-state index in [9.17, 15) is 18.3 Å². The van der Waals surface area contributed by atoms with Crippen LogP contribution in [0.5, 0.6) is 5.75 Å². The average molecular weight is 464 g/mol. The Balaban J connectivity index is 1.93. The Labute approximate surface area is 188 Å². The second kappa shape index (κ2) is 8.81. The van der Waals surface area contributed by atoms with Crippen LogP contribution in [0.15, 0.2) is 38.8 Å². The van der Waals surface area contributed by atoms with E-state index in [-0.39, 0.29) is 52.6 Å². The quantitative estimate of drug-likeness (QED) is 0.642. The van der Waals surface area contributed by atoms with Crippen LogP contribution in [0.25, 0.3) is 0 Å². The number of hydrogen-bond acceptors (Lipinski definition) is 7. The maximum Gasteiger partial charge on any atom is 0.367 e. The molecule has 2 aliphatic rings. The molecule has 2 N–H and O–H groups in total. The number of phenolic OH excluding ortho intramolecular Hbond substituents is 1. The number of nitrogens with one attached hydrogen (secondary N) is 1. The third-order valence-corrected chi connectivity index (χ3v) is 6.18. The number of phenols is 1. The van der Waals surface area contributed by atoms with E-state index in [0.29, 0.717) is 0 Å². The molecular formula is C21H29N5O5S. The number of likely N-dealkylation sites (N-methyl/N-ethyl adjacent to an activating group) is 1. The lowest BCUT2D eigenvalue weighted by atomic mass is 9.94. The molecule has 0 saturated heterocycles. The predicted molar refractivity (Wildman–Crippen MR) is 123 cm³/mol. The molecule has 0 saturated carbocycles. The second-order valence-electron chi connectivity index (χ2n) is 8.52. The fraction of sp³-hybridized carbons (Fsp3) is 0.476. The zero-order valence-corrected chi connectivity index (χ0v) is 19.8. The first-order valence-electron chi connectivity index (χ1n) is 10.2. The zero-order valence-electron chi connectivity index (χ0n) is 19.0. The van der Waals surface area contributed by atoms with Crippen molar-refractivity contribution < 1.29 is 23.1 Å². The largest absolute Gasteiger partial charge is 0.505 e. The molecule has 3 rings (SSSR count). The lowest BCUT2D eigenvalue weighted by molar-refractivity contribution is 0.0712. The number of carbonyl (C=O) groups excluding carboxylic acids is 1. The molecule has 0 spiro atoms. The number of carbonyl (C=O) groups is 1. The molecule has 0 radical (unpaired) electrons. The third-order valence-electron chi connectivity index (χ3n) is 5.36. The van der Waals surface area contributed by atoms with Crippen molar-refractivity contribution in [2.75, 3.05) is 26.5 Å². The molecule has 11 heteroatoms. The summed E-state index contributed by atoms with van der Waals surface area (Å²) in [6, 6.07) is 4.41. The fourth-order valence-corrected chi connectivity index (χ4v) is 4.74. The van der Waals surface area contributed by atoms with E-state index < -0.39 is 10.2 Å². The van der Waals surface area contributed by atoms with E-state index in [1.807, 2.05) is 20.8 Å². The van der Waals surface area contributed by atoms with Crippen LogP contribution in [0.3, 0.4) is 0 Å². The molecule has 0 fully saturated rings. The number of para-hydroxylation sites is 1. The van der Waals surface area contributed by atoms with Gasteiger partial charge in [0.25, 0.3) is 5.91 Å². The van der Waals surface area contributed by atoms with Crippen molar-refractivity contribution in [3.8, 4) is 5.75 Å². The number of nitrogens with zero attached hydrogens (tertiary/aromatic N) is 4. The predicted octanol–water partition coefficient (Wildman–Crippen LogP) is 2.21. The van der Waals surface area contributed by atoms with Crippen molar-refractivity contribution in [1.82, 2.24) is 9.80 Å². The summed E-state index contributed by atoms with van der Waals surface area (Å²) in [6.07, 6.45) is 2.28. The van der Waals surface area contributed by atoms with Gasteiger partial charge in [0.05, 0.1) is 23.6 Å². The molecule has 1 aromatic carbocycles. The first-order chi connectivity index (χ1) is 14.9. The van der Waals surface area contributed by atoms with Crippen LogP contribution in [0.4, 0.5) is 5.69 Å². The number of anilines is 1. The van der Waals surface area contributed by atoms with Crippen LogP contribution in [0.1, 0.15) is 37.6 Å². The summed E-state index contributed by atoms with van der Waals surface area (Å²) in [6.45, 7) is 6.03. The van der Waals surface area contributed by atoms with E-state index in [1.54, 1.807) is 38.4 Å². The third kappa shape index (κ3) is 4.72. The number of ether oxygens (including phenoxy) is 1. The molecule has 2 atom stereocenters. The summed E-state index contributed by atoms with van der Waals surface area (Å²) in [5.74, 6) is -0.504. The van der Waals surface area contributed by atoms with E-state index in [2.05, 4.69) is 14.1 Å². The Morgan fingerprint density at radius 2 is 1.94 bits per heavy atom. The van der Waals surface area contributed by atoms with Crippen molar-refractivity contribution in [2.24, 2.45) is 14.7 Å². The van der Waals surface area contributed by atoms with Crippen LogP contribution in [-0.2, 0) is 14.9 Å². The Morgan fingerprint density at radius 3 is 2.50 bits per heavy atom. The smallest absolute Gasteiger partial charge is 0.367 e. The highest BCUT2D eigenvalue weighted by Gasteiger charge is 2.38. The van der Waals surface area contributed by atoms with Gasteiger partial charge < -0.3 is 25.0 Å². The molecule has 10 nitrogen and oxygen atoms in total. The van der Waals surface area contributed by atoms with Crippen LogP contribution < -0.4 is 5.32 Å². The molecule has 0 aromatic heterocycles. The lowest BCUT2D eigenvalue weighted by Gasteiger charge is -2.36. The van der Waals surface area contributed by atoms with Gasteiger partial charge in [-0.3, -0.25) is 4.79 Å². The summed E-state index contributed by atoms with van der Waals surface area (Å²) in [7, 11) is 0.790. The molecule has 1 unspecified atom stereocenters.